The van der Waals surface area contributed by atoms with Crippen molar-refractivity contribution in [2.45, 2.75) is 26.7 Å². The number of nitrogens with two attached hydrogens (primary N) is 1. The highest BCUT2D eigenvalue weighted by Gasteiger charge is 2.35. The number of hydrogen-bond donors (Lipinski definition) is 1. The number of aryl methyl sites for hydroxylation is 1. The van der Waals surface area contributed by atoms with Gasteiger partial charge < -0.3 is 10.3 Å². The number of aromatic nitrogens is 2. The van der Waals surface area contributed by atoms with Crippen molar-refractivity contribution >= 4 is 5.91 Å². The van der Waals surface area contributed by atoms with E-state index in [2.05, 4.69) is 0 Å². The topological polar surface area (TPSA) is 87.1 Å². The SMILES string of the molecule is C[C@H](c1cn(C)c(=O)n(C)c1=O)C(C)(C)C(N)=O. The summed E-state index contributed by atoms with van der Waals surface area (Å²) in [4.78, 5) is 35.1. The first-order valence-corrected chi connectivity index (χ1v) is 5.67. The molecule has 0 saturated carbocycles. The van der Waals surface area contributed by atoms with Crippen molar-refractivity contribution in [3.63, 3.8) is 0 Å². The number of amides is 1. The summed E-state index contributed by atoms with van der Waals surface area (Å²) in [6.07, 6.45) is 1.47. The Morgan fingerprint density at radius 3 is 2.28 bits per heavy atom. The summed E-state index contributed by atoms with van der Waals surface area (Å²) >= 11 is 0. The van der Waals surface area contributed by atoms with Gasteiger partial charge in [0.1, 0.15) is 0 Å². The third-order valence-electron chi connectivity index (χ3n) is 3.66. The molecule has 0 unspecified atom stereocenters. The van der Waals surface area contributed by atoms with Crippen LogP contribution >= 0.6 is 0 Å². The Kier molecular flexibility index (Phi) is 3.50. The molecule has 0 bridgehead atoms. The molecule has 0 aromatic carbocycles. The predicted molar refractivity (Wildman–Crippen MR) is 68.3 cm³/mol. The van der Waals surface area contributed by atoms with Gasteiger partial charge in [-0.05, 0) is 0 Å². The zero-order chi connectivity index (χ0) is 14.2. The first kappa shape index (κ1) is 14.2. The average molecular weight is 253 g/mol. The maximum absolute atomic E-state index is 12.1. The molecule has 0 fully saturated rings. The lowest BCUT2D eigenvalue weighted by atomic mass is 9.76. The standard InChI is InChI=1S/C12H19N3O3/c1-7(12(2,3)10(13)17)8-6-14(4)11(18)15(5)9(8)16/h6-7H,1-5H3,(H2,13,17)/t7-/m1/s1. The van der Waals surface area contributed by atoms with Crippen molar-refractivity contribution in [2.24, 2.45) is 25.2 Å². The van der Waals surface area contributed by atoms with Crippen LogP contribution in [0, 0.1) is 5.41 Å². The summed E-state index contributed by atoms with van der Waals surface area (Å²) in [6.45, 7) is 5.13. The highest BCUT2D eigenvalue weighted by atomic mass is 16.2. The number of primary amides is 1. The molecule has 0 aliphatic carbocycles. The molecule has 1 rings (SSSR count). The van der Waals surface area contributed by atoms with Gasteiger partial charge in [0.25, 0.3) is 5.56 Å². The molecule has 6 heteroatoms. The summed E-state index contributed by atoms with van der Waals surface area (Å²) in [5.41, 5.74) is 4.11. The van der Waals surface area contributed by atoms with E-state index >= 15 is 0 Å². The van der Waals surface area contributed by atoms with E-state index in [9.17, 15) is 14.4 Å². The molecule has 0 aliphatic rings. The fourth-order valence-corrected chi connectivity index (χ4v) is 1.74. The van der Waals surface area contributed by atoms with Gasteiger partial charge in [-0.3, -0.25) is 14.2 Å². The molecular weight excluding hydrogens is 234 g/mol. The minimum atomic E-state index is -0.858. The molecule has 1 aromatic heterocycles. The van der Waals surface area contributed by atoms with Crippen LogP contribution in [0.15, 0.2) is 15.8 Å². The zero-order valence-corrected chi connectivity index (χ0v) is 11.4. The molecule has 1 heterocycles. The number of rotatable bonds is 3. The lowest BCUT2D eigenvalue weighted by Crippen LogP contribution is -2.43. The normalized spacial score (nSPS) is 13.4. The van der Waals surface area contributed by atoms with Gasteiger partial charge in [0.2, 0.25) is 5.91 Å². The van der Waals surface area contributed by atoms with Crippen molar-refractivity contribution in [1.29, 1.82) is 0 Å². The predicted octanol–water partition coefficient (Wildman–Crippen LogP) is -0.301. The van der Waals surface area contributed by atoms with E-state index in [4.69, 9.17) is 5.73 Å². The van der Waals surface area contributed by atoms with Crippen LogP contribution in [0.2, 0.25) is 0 Å². The number of nitrogens with zero attached hydrogens (tertiary/aromatic N) is 2. The van der Waals surface area contributed by atoms with Crippen molar-refractivity contribution < 1.29 is 4.79 Å². The van der Waals surface area contributed by atoms with E-state index in [1.54, 1.807) is 27.8 Å². The number of hydrogen-bond acceptors (Lipinski definition) is 3. The molecule has 6 nitrogen and oxygen atoms in total. The van der Waals surface area contributed by atoms with Crippen molar-refractivity contribution in [1.82, 2.24) is 9.13 Å². The highest BCUT2D eigenvalue weighted by Crippen LogP contribution is 2.32. The lowest BCUT2D eigenvalue weighted by molar-refractivity contribution is -0.126. The van der Waals surface area contributed by atoms with Gasteiger partial charge in [-0.15, -0.1) is 0 Å². The third-order valence-corrected chi connectivity index (χ3v) is 3.66. The minimum Gasteiger partial charge on any atom is -0.369 e. The molecule has 1 aromatic rings. The van der Waals surface area contributed by atoms with E-state index in [-0.39, 0.29) is 11.5 Å². The van der Waals surface area contributed by atoms with Crippen LogP contribution in [0.1, 0.15) is 32.3 Å². The van der Waals surface area contributed by atoms with E-state index in [1.807, 2.05) is 0 Å². The van der Waals surface area contributed by atoms with E-state index in [1.165, 1.54) is 17.8 Å². The second-order valence-corrected chi connectivity index (χ2v) is 5.15. The van der Waals surface area contributed by atoms with Crippen LogP contribution in [0.5, 0.6) is 0 Å². The van der Waals surface area contributed by atoms with Crippen LogP contribution < -0.4 is 17.0 Å². The third kappa shape index (κ3) is 2.10. The van der Waals surface area contributed by atoms with Crippen molar-refractivity contribution in [3.8, 4) is 0 Å². The van der Waals surface area contributed by atoms with Gasteiger partial charge in [-0.2, -0.15) is 0 Å². The molecule has 1 amide bonds. The smallest absolute Gasteiger partial charge is 0.330 e. The zero-order valence-electron chi connectivity index (χ0n) is 11.4. The molecule has 1 atom stereocenters. The fourth-order valence-electron chi connectivity index (χ4n) is 1.74. The Balaban J connectivity index is 3.50. The minimum absolute atomic E-state index is 0.375. The van der Waals surface area contributed by atoms with Crippen molar-refractivity contribution in [3.05, 3.63) is 32.6 Å². The fraction of sp³-hybridized carbons (Fsp3) is 0.583. The molecule has 0 spiro atoms. The molecule has 0 aliphatic heterocycles. The van der Waals surface area contributed by atoms with Gasteiger partial charge in [-0.1, -0.05) is 20.8 Å². The Bertz CT molecular complexity index is 596. The monoisotopic (exact) mass is 253 g/mol. The summed E-state index contributed by atoms with van der Waals surface area (Å²) in [5, 5.41) is 0. The van der Waals surface area contributed by atoms with Crippen LogP contribution in [-0.4, -0.2) is 15.0 Å². The maximum atomic E-state index is 12.1. The molecule has 2 N–H and O–H groups in total. The second-order valence-electron chi connectivity index (χ2n) is 5.15. The number of carbonyl (C=O) groups excluding carboxylic acids is 1. The Morgan fingerprint density at radius 1 is 1.33 bits per heavy atom. The first-order chi connectivity index (χ1) is 8.10. The van der Waals surface area contributed by atoms with Crippen LogP contribution in [0.25, 0.3) is 0 Å². The van der Waals surface area contributed by atoms with Gasteiger partial charge in [0.15, 0.2) is 0 Å². The molecule has 18 heavy (non-hydrogen) atoms. The highest BCUT2D eigenvalue weighted by molar-refractivity contribution is 5.81. The lowest BCUT2D eigenvalue weighted by Gasteiger charge is -2.28. The molecule has 0 saturated heterocycles. The average Bonchev–Trinajstić information content (AvgIpc) is 2.30. The van der Waals surface area contributed by atoms with E-state index in [0.29, 0.717) is 5.56 Å². The van der Waals surface area contributed by atoms with E-state index in [0.717, 1.165) is 4.57 Å². The largest absolute Gasteiger partial charge is 0.369 e. The summed E-state index contributed by atoms with van der Waals surface area (Å²) < 4.78 is 2.35. The summed E-state index contributed by atoms with van der Waals surface area (Å²) in [7, 11) is 2.98. The van der Waals surface area contributed by atoms with Gasteiger partial charge in [0.05, 0.1) is 5.41 Å². The maximum Gasteiger partial charge on any atom is 0.330 e. The molecule has 0 radical (unpaired) electrons. The van der Waals surface area contributed by atoms with Crippen LogP contribution in [0.4, 0.5) is 0 Å². The van der Waals surface area contributed by atoms with E-state index < -0.39 is 17.0 Å². The molecule has 100 valence electrons. The summed E-state index contributed by atoms with van der Waals surface area (Å²) in [6, 6.07) is 0. The second kappa shape index (κ2) is 4.44. The van der Waals surface area contributed by atoms with Gasteiger partial charge >= 0.3 is 5.69 Å². The Morgan fingerprint density at radius 2 is 1.83 bits per heavy atom. The van der Waals surface area contributed by atoms with Crippen molar-refractivity contribution in [2.75, 3.05) is 0 Å². The van der Waals surface area contributed by atoms with Gasteiger partial charge in [0, 0.05) is 31.8 Å². The Hall–Kier alpha value is -1.85. The van der Waals surface area contributed by atoms with Crippen LogP contribution in [0.3, 0.4) is 0 Å². The quantitative estimate of drug-likeness (QED) is 0.802. The Labute approximate surface area is 105 Å². The van der Waals surface area contributed by atoms with Crippen LogP contribution in [-0.2, 0) is 18.9 Å². The first-order valence-electron chi connectivity index (χ1n) is 5.67. The van der Waals surface area contributed by atoms with Gasteiger partial charge in [-0.25, -0.2) is 4.79 Å². The summed E-state index contributed by atoms with van der Waals surface area (Å²) in [5.74, 6) is -0.855. The number of carbonyl (C=O) groups is 1. The molecular formula is C12H19N3O3.